The quantitative estimate of drug-likeness (QED) is 0.167. The molecule has 71 heavy (non-hydrogen) atoms. The Morgan fingerprint density at radius 2 is 1.35 bits per heavy atom. The molecule has 9 heteroatoms. The zero-order valence-corrected chi connectivity index (χ0v) is 45.6. The summed E-state index contributed by atoms with van der Waals surface area (Å²) in [7, 11) is 0. The fourth-order valence-electron chi connectivity index (χ4n) is 9.73. The molecule has 362 valence electrons. The van der Waals surface area contributed by atoms with Crippen LogP contribution >= 0.6 is 11.3 Å². The summed E-state index contributed by atoms with van der Waals surface area (Å²) in [5.41, 5.74) is 14.3. The SMILES string of the molecule is CC(C)(C)Cc1nc2cc(-c3ccnc(-c4[c-]c5c(cc4)sc4oc6ccc7c(nc(-c8cc(C(C)(C)C)cc(C(C)(C)C)c8O)n7-c7ccc(C(C)(C)C)cc7-c7ccccc7)c6c45)c3)ccc2o1.[Pt]. The topological polar surface area (TPSA) is 90.1 Å². The summed E-state index contributed by atoms with van der Waals surface area (Å²) in [5, 5.41) is 15.4. The number of thiophene rings is 1. The maximum atomic E-state index is 12.6. The van der Waals surface area contributed by atoms with Gasteiger partial charge in [0, 0.05) is 55.9 Å². The molecular weight excluding hydrogens is 1080 g/mol. The van der Waals surface area contributed by atoms with Crippen LogP contribution < -0.4 is 0 Å². The van der Waals surface area contributed by atoms with Crippen LogP contribution in [0, 0.1) is 11.5 Å². The molecule has 11 aromatic rings. The smallest absolute Gasteiger partial charge is 0.195 e. The van der Waals surface area contributed by atoms with Crippen LogP contribution in [0.25, 0.3) is 104 Å². The first kappa shape index (κ1) is 48.3. The summed E-state index contributed by atoms with van der Waals surface area (Å²) >= 11 is 1.62. The molecule has 0 aliphatic carbocycles. The first-order valence-corrected chi connectivity index (χ1v) is 25.1. The van der Waals surface area contributed by atoms with Gasteiger partial charge in [0.2, 0.25) is 0 Å². The molecule has 6 aromatic carbocycles. The van der Waals surface area contributed by atoms with Crippen LogP contribution in [0.2, 0.25) is 0 Å². The van der Waals surface area contributed by atoms with Crippen LogP contribution in [-0.4, -0.2) is 24.6 Å². The fraction of sp³-hybridized carbons (Fsp3) is 0.274. The van der Waals surface area contributed by atoms with Gasteiger partial charge in [0.25, 0.3) is 0 Å². The fourth-order valence-corrected chi connectivity index (χ4v) is 10.8. The number of phenolic OH excluding ortho intramolecular Hbond substituents is 1. The number of nitrogens with zero attached hydrogens (tertiary/aromatic N) is 4. The number of imidazole rings is 1. The van der Waals surface area contributed by atoms with Gasteiger partial charge in [-0.25, -0.2) is 9.97 Å². The molecule has 0 aliphatic rings. The number of rotatable bonds is 6. The summed E-state index contributed by atoms with van der Waals surface area (Å²) in [5.74, 6) is 1.64. The van der Waals surface area contributed by atoms with Crippen molar-refractivity contribution in [2.45, 2.75) is 106 Å². The number of phenols is 1. The van der Waals surface area contributed by atoms with Crippen molar-refractivity contribution < 1.29 is 35.0 Å². The Bertz CT molecular complexity index is 3860. The van der Waals surface area contributed by atoms with Crippen molar-refractivity contribution >= 4 is 64.8 Å². The number of fused-ring (bicyclic) bond motifs is 8. The Kier molecular flexibility index (Phi) is 11.7. The summed E-state index contributed by atoms with van der Waals surface area (Å²) in [6.07, 6.45) is 2.63. The average Bonchev–Trinajstić information content (AvgIpc) is 4.07. The molecule has 0 amide bonds. The monoisotopic (exact) mass is 1130 g/mol. The van der Waals surface area contributed by atoms with Crippen molar-refractivity contribution in [1.82, 2.24) is 19.5 Å². The molecule has 0 bridgehead atoms. The largest absolute Gasteiger partial charge is 0.507 e. The van der Waals surface area contributed by atoms with E-state index in [4.69, 9.17) is 23.8 Å². The molecule has 0 unspecified atom stereocenters. The minimum absolute atomic E-state index is 0. The second-order valence-electron chi connectivity index (χ2n) is 23.3. The van der Waals surface area contributed by atoms with Gasteiger partial charge in [0.05, 0.1) is 22.3 Å². The third-order valence-corrected chi connectivity index (χ3v) is 14.5. The molecule has 5 heterocycles. The molecular formula is C62H59N4O3PtS-. The summed E-state index contributed by atoms with van der Waals surface area (Å²) in [6.45, 7) is 26.5. The van der Waals surface area contributed by atoms with E-state index < -0.39 is 0 Å². The van der Waals surface area contributed by atoms with Gasteiger partial charge in [0.1, 0.15) is 27.6 Å². The zero-order valence-electron chi connectivity index (χ0n) is 42.5. The van der Waals surface area contributed by atoms with Crippen LogP contribution in [0.5, 0.6) is 5.75 Å². The van der Waals surface area contributed by atoms with Crippen LogP contribution in [0.4, 0.5) is 0 Å². The first-order valence-electron chi connectivity index (χ1n) is 24.3. The van der Waals surface area contributed by atoms with Crippen LogP contribution in [0.3, 0.4) is 0 Å². The first-order chi connectivity index (χ1) is 33.1. The van der Waals surface area contributed by atoms with Gasteiger partial charge in [-0.3, -0.25) is 9.55 Å². The van der Waals surface area contributed by atoms with E-state index in [0.29, 0.717) is 11.4 Å². The Hall–Kier alpha value is -6.34. The number of hydrogen-bond donors (Lipinski definition) is 1. The standard InChI is InChI=1S/C62H59N4O3S.Pt/c1-59(2,3)34-52-64-46-30-36(18-23-49(46)68-52)37-26-27-63-45(29-37)38-19-25-51-42(28-38)53-54-50(69-58(53)70-51)24-22-48-55(54)65-57(43-32-40(61(7,8)9)33-44(56(43)67)62(10,11)12)66(48)47-21-20-39(60(4,5)6)31-41(47)35-16-14-13-15-17-35;/h13-27,29-33,67H,34H2,1-12H3;/q-1;. The van der Waals surface area contributed by atoms with Crippen LogP contribution in [0.1, 0.15) is 106 Å². The summed E-state index contributed by atoms with van der Waals surface area (Å²) < 4.78 is 16.2. The van der Waals surface area contributed by atoms with E-state index in [0.717, 1.165) is 116 Å². The van der Waals surface area contributed by atoms with E-state index >= 15 is 0 Å². The summed E-state index contributed by atoms with van der Waals surface area (Å²) in [4.78, 5) is 16.2. The number of oxazole rings is 1. The van der Waals surface area contributed by atoms with E-state index in [2.05, 4.69) is 197 Å². The Morgan fingerprint density at radius 3 is 2.07 bits per heavy atom. The molecule has 0 saturated heterocycles. The molecule has 5 aromatic heterocycles. The van der Waals surface area contributed by atoms with E-state index in [1.807, 2.05) is 18.3 Å². The number of aromatic hydroxyl groups is 1. The van der Waals surface area contributed by atoms with Crippen LogP contribution in [0.15, 0.2) is 130 Å². The van der Waals surface area contributed by atoms with Crippen molar-refractivity contribution in [3.63, 3.8) is 0 Å². The van der Waals surface area contributed by atoms with Crippen LogP contribution in [-0.2, 0) is 43.7 Å². The predicted octanol–water partition coefficient (Wildman–Crippen LogP) is 17.3. The van der Waals surface area contributed by atoms with Crippen molar-refractivity contribution in [3.05, 3.63) is 150 Å². The van der Waals surface area contributed by atoms with Gasteiger partial charge in [-0.2, -0.15) is 0 Å². The number of benzene rings is 6. The summed E-state index contributed by atoms with van der Waals surface area (Å²) in [6, 6.07) is 44.3. The van der Waals surface area contributed by atoms with Crippen molar-refractivity contribution in [3.8, 4) is 56.3 Å². The van der Waals surface area contributed by atoms with E-state index in [1.165, 1.54) is 5.56 Å². The predicted molar refractivity (Wildman–Crippen MR) is 291 cm³/mol. The number of furan rings is 1. The molecule has 0 aliphatic heterocycles. The molecule has 0 atom stereocenters. The minimum Gasteiger partial charge on any atom is -0.507 e. The van der Waals surface area contributed by atoms with Crippen molar-refractivity contribution in [1.29, 1.82) is 0 Å². The van der Waals surface area contributed by atoms with Crippen molar-refractivity contribution in [2.75, 3.05) is 0 Å². The molecule has 0 saturated carbocycles. The molecule has 0 fully saturated rings. The maximum absolute atomic E-state index is 12.6. The minimum atomic E-state index is -0.345. The number of hydrogen-bond acceptors (Lipinski definition) is 7. The Morgan fingerprint density at radius 1 is 0.634 bits per heavy atom. The second-order valence-corrected chi connectivity index (χ2v) is 24.3. The molecule has 0 radical (unpaired) electrons. The van der Waals surface area contributed by atoms with Gasteiger partial charge < -0.3 is 13.9 Å². The third kappa shape index (κ3) is 8.71. The van der Waals surface area contributed by atoms with Crippen molar-refractivity contribution in [2.24, 2.45) is 5.41 Å². The average molecular weight is 1140 g/mol. The van der Waals surface area contributed by atoms with E-state index in [9.17, 15) is 5.11 Å². The Balaban J connectivity index is 0.00000582. The van der Waals surface area contributed by atoms with Gasteiger partial charge in [0.15, 0.2) is 11.5 Å². The normalized spacial score (nSPS) is 12.8. The molecule has 7 nitrogen and oxygen atoms in total. The van der Waals surface area contributed by atoms with Gasteiger partial charge >= 0.3 is 0 Å². The number of pyridine rings is 1. The number of aromatic nitrogens is 4. The molecule has 11 rings (SSSR count). The van der Waals surface area contributed by atoms with E-state index in [-0.39, 0.29) is 48.5 Å². The third-order valence-electron chi connectivity index (χ3n) is 13.5. The van der Waals surface area contributed by atoms with E-state index in [1.54, 1.807) is 11.3 Å². The zero-order chi connectivity index (χ0) is 49.2. The van der Waals surface area contributed by atoms with Gasteiger partial charge in [-0.15, -0.1) is 29.5 Å². The molecule has 0 spiro atoms. The Labute approximate surface area is 434 Å². The van der Waals surface area contributed by atoms with Gasteiger partial charge in [-0.1, -0.05) is 149 Å². The maximum Gasteiger partial charge on any atom is 0.195 e. The molecule has 1 N–H and O–H groups in total. The van der Waals surface area contributed by atoms with Gasteiger partial charge in [-0.05, 0) is 108 Å². The second kappa shape index (κ2) is 17.2.